The molecular formula is C23H24N2O3. The Balaban J connectivity index is 1.85. The molecule has 0 bridgehead atoms. The topological polar surface area (TPSA) is 43.7 Å². The third-order valence-electron chi connectivity index (χ3n) is 5.16. The first-order valence-corrected chi connectivity index (χ1v) is 9.48. The monoisotopic (exact) mass is 376 g/mol. The van der Waals surface area contributed by atoms with Crippen molar-refractivity contribution < 1.29 is 14.3 Å². The molecule has 0 saturated carbocycles. The molecule has 0 atom stereocenters. The lowest BCUT2D eigenvalue weighted by Crippen LogP contribution is -2.40. The number of para-hydroxylation sites is 1. The summed E-state index contributed by atoms with van der Waals surface area (Å²) in [6.07, 6.45) is 0. The summed E-state index contributed by atoms with van der Waals surface area (Å²) >= 11 is 0. The number of methoxy groups -OCH3 is 1. The van der Waals surface area contributed by atoms with Gasteiger partial charge in [-0.05, 0) is 37.3 Å². The largest absolute Gasteiger partial charge is 0.497 e. The van der Waals surface area contributed by atoms with Gasteiger partial charge in [0.1, 0.15) is 5.75 Å². The van der Waals surface area contributed by atoms with Gasteiger partial charge in [0.25, 0.3) is 5.91 Å². The molecule has 1 aromatic heterocycles. The van der Waals surface area contributed by atoms with Crippen molar-refractivity contribution in [2.24, 2.45) is 0 Å². The average Bonchev–Trinajstić information content (AvgIpc) is 3.11. The van der Waals surface area contributed by atoms with Crippen molar-refractivity contribution in [2.75, 3.05) is 33.4 Å². The molecular weight excluding hydrogens is 352 g/mol. The molecule has 5 heteroatoms. The fourth-order valence-electron chi connectivity index (χ4n) is 3.66. The van der Waals surface area contributed by atoms with Gasteiger partial charge in [-0.15, -0.1) is 0 Å². The van der Waals surface area contributed by atoms with E-state index in [1.165, 1.54) is 0 Å². The predicted molar refractivity (Wildman–Crippen MR) is 109 cm³/mol. The van der Waals surface area contributed by atoms with Crippen molar-refractivity contribution in [1.29, 1.82) is 0 Å². The molecule has 0 spiro atoms. The highest BCUT2D eigenvalue weighted by molar-refractivity contribution is 5.97. The Hall–Kier alpha value is -3.05. The molecule has 4 rings (SSSR count). The highest BCUT2D eigenvalue weighted by Crippen LogP contribution is 2.32. The van der Waals surface area contributed by atoms with Gasteiger partial charge in [-0.1, -0.05) is 30.3 Å². The Bertz CT molecular complexity index is 973. The van der Waals surface area contributed by atoms with E-state index >= 15 is 0 Å². The molecule has 3 aromatic rings. The van der Waals surface area contributed by atoms with E-state index in [-0.39, 0.29) is 5.91 Å². The van der Waals surface area contributed by atoms with Gasteiger partial charge in [0, 0.05) is 30.0 Å². The Morgan fingerprint density at radius 2 is 1.75 bits per heavy atom. The zero-order chi connectivity index (χ0) is 19.5. The standard InChI is InChI=1S/C23H24N2O3/c1-17-21(23(26)24-11-13-28-14-12-24)16-22(18-7-6-10-20(15-18)27-2)25(17)19-8-4-3-5-9-19/h3-10,15-16H,11-14H2,1-2H3. The normalized spacial score (nSPS) is 14.1. The van der Waals surface area contributed by atoms with Crippen LogP contribution in [0.2, 0.25) is 0 Å². The fourth-order valence-corrected chi connectivity index (χ4v) is 3.66. The summed E-state index contributed by atoms with van der Waals surface area (Å²) in [5.41, 5.74) is 4.66. The van der Waals surface area contributed by atoms with Crippen LogP contribution in [0.3, 0.4) is 0 Å². The second kappa shape index (κ2) is 7.90. The number of rotatable bonds is 4. The predicted octanol–water partition coefficient (Wildman–Crippen LogP) is 3.93. The van der Waals surface area contributed by atoms with Crippen molar-refractivity contribution in [2.45, 2.75) is 6.92 Å². The minimum absolute atomic E-state index is 0.0552. The molecule has 0 N–H and O–H groups in total. The summed E-state index contributed by atoms with van der Waals surface area (Å²) < 4.78 is 12.9. The average molecular weight is 376 g/mol. The number of hydrogen-bond donors (Lipinski definition) is 0. The summed E-state index contributed by atoms with van der Waals surface area (Å²) in [4.78, 5) is 15.1. The van der Waals surface area contributed by atoms with Crippen molar-refractivity contribution in [3.8, 4) is 22.7 Å². The molecule has 144 valence electrons. The first kappa shape index (κ1) is 18.3. The zero-order valence-corrected chi connectivity index (χ0v) is 16.2. The summed E-state index contributed by atoms with van der Waals surface area (Å²) in [5.74, 6) is 0.844. The lowest BCUT2D eigenvalue weighted by molar-refractivity contribution is 0.0302. The van der Waals surface area contributed by atoms with Gasteiger partial charge in [-0.25, -0.2) is 0 Å². The Labute approximate surface area is 165 Å². The van der Waals surface area contributed by atoms with Gasteiger partial charge in [-0.3, -0.25) is 4.79 Å². The van der Waals surface area contributed by atoms with Crippen LogP contribution in [0.5, 0.6) is 5.75 Å². The highest BCUT2D eigenvalue weighted by atomic mass is 16.5. The highest BCUT2D eigenvalue weighted by Gasteiger charge is 2.25. The number of amides is 1. The first-order chi connectivity index (χ1) is 13.7. The van der Waals surface area contributed by atoms with Gasteiger partial charge < -0.3 is 18.9 Å². The molecule has 2 heterocycles. The second-order valence-corrected chi connectivity index (χ2v) is 6.84. The first-order valence-electron chi connectivity index (χ1n) is 9.48. The number of hydrogen-bond acceptors (Lipinski definition) is 3. The number of ether oxygens (including phenoxy) is 2. The van der Waals surface area contributed by atoms with Crippen LogP contribution >= 0.6 is 0 Å². The third-order valence-corrected chi connectivity index (χ3v) is 5.16. The maximum atomic E-state index is 13.2. The zero-order valence-electron chi connectivity index (χ0n) is 16.2. The second-order valence-electron chi connectivity index (χ2n) is 6.84. The smallest absolute Gasteiger partial charge is 0.255 e. The van der Waals surface area contributed by atoms with Crippen LogP contribution in [0.25, 0.3) is 16.9 Å². The number of carbonyl (C=O) groups is 1. The fraction of sp³-hybridized carbons (Fsp3) is 0.261. The van der Waals surface area contributed by atoms with Crippen LogP contribution in [-0.2, 0) is 4.74 Å². The van der Waals surface area contributed by atoms with Crippen LogP contribution in [0.4, 0.5) is 0 Å². The van der Waals surface area contributed by atoms with Crippen molar-refractivity contribution in [3.63, 3.8) is 0 Å². The van der Waals surface area contributed by atoms with Crippen LogP contribution in [0.15, 0.2) is 60.7 Å². The number of nitrogens with zero attached hydrogens (tertiary/aromatic N) is 2. The van der Waals surface area contributed by atoms with E-state index in [1.807, 2.05) is 60.4 Å². The molecule has 1 amide bonds. The molecule has 1 fully saturated rings. The lowest BCUT2D eigenvalue weighted by atomic mass is 10.1. The summed E-state index contributed by atoms with van der Waals surface area (Å²) in [5, 5.41) is 0. The number of aromatic nitrogens is 1. The maximum absolute atomic E-state index is 13.2. The minimum atomic E-state index is 0.0552. The molecule has 2 aromatic carbocycles. The Kier molecular flexibility index (Phi) is 5.17. The van der Waals surface area contributed by atoms with E-state index in [0.29, 0.717) is 26.3 Å². The van der Waals surface area contributed by atoms with Gasteiger partial charge in [-0.2, -0.15) is 0 Å². The van der Waals surface area contributed by atoms with Gasteiger partial charge in [0.2, 0.25) is 0 Å². The Morgan fingerprint density at radius 3 is 2.46 bits per heavy atom. The molecule has 28 heavy (non-hydrogen) atoms. The third kappa shape index (κ3) is 3.41. The van der Waals surface area contributed by atoms with Gasteiger partial charge in [0.15, 0.2) is 0 Å². The van der Waals surface area contributed by atoms with E-state index in [0.717, 1.165) is 34.0 Å². The summed E-state index contributed by atoms with van der Waals surface area (Å²) in [6, 6.07) is 20.0. The van der Waals surface area contributed by atoms with E-state index in [1.54, 1.807) is 7.11 Å². The van der Waals surface area contributed by atoms with Crippen LogP contribution in [0.1, 0.15) is 16.1 Å². The Morgan fingerprint density at radius 1 is 1.00 bits per heavy atom. The molecule has 5 nitrogen and oxygen atoms in total. The quantitative estimate of drug-likeness (QED) is 0.693. The van der Waals surface area contributed by atoms with Gasteiger partial charge >= 0.3 is 0 Å². The molecule has 0 radical (unpaired) electrons. The van der Waals surface area contributed by atoms with E-state index in [2.05, 4.69) is 16.7 Å². The molecule has 1 aliphatic rings. The van der Waals surface area contributed by atoms with Crippen LogP contribution in [-0.4, -0.2) is 48.8 Å². The molecule has 0 unspecified atom stereocenters. The summed E-state index contributed by atoms with van der Waals surface area (Å²) in [6.45, 7) is 4.44. The molecule has 1 saturated heterocycles. The SMILES string of the molecule is COc1cccc(-c2cc(C(=O)N3CCOCC3)c(C)n2-c2ccccc2)c1. The number of carbonyl (C=O) groups excluding carboxylic acids is 1. The number of morpholine rings is 1. The summed E-state index contributed by atoms with van der Waals surface area (Å²) in [7, 11) is 1.66. The van der Waals surface area contributed by atoms with Crippen LogP contribution in [0, 0.1) is 6.92 Å². The molecule has 0 aliphatic carbocycles. The van der Waals surface area contributed by atoms with Gasteiger partial charge in [0.05, 0.1) is 31.6 Å². The number of benzene rings is 2. The van der Waals surface area contributed by atoms with E-state index in [9.17, 15) is 4.79 Å². The van der Waals surface area contributed by atoms with E-state index in [4.69, 9.17) is 9.47 Å². The maximum Gasteiger partial charge on any atom is 0.255 e. The minimum Gasteiger partial charge on any atom is -0.497 e. The molecule has 1 aliphatic heterocycles. The van der Waals surface area contributed by atoms with Crippen molar-refractivity contribution in [3.05, 3.63) is 71.9 Å². The van der Waals surface area contributed by atoms with Crippen molar-refractivity contribution >= 4 is 5.91 Å². The lowest BCUT2D eigenvalue weighted by Gasteiger charge is -2.26. The van der Waals surface area contributed by atoms with Crippen molar-refractivity contribution in [1.82, 2.24) is 9.47 Å². The van der Waals surface area contributed by atoms with E-state index < -0.39 is 0 Å². The van der Waals surface area contributed by atoms with Crippen LogP contribution < -0.4 is 4.74 Å².